The average molecular weight is 391 g/mol. The Hall–Kier alpha value is -3.16. The number of aryl methyl sites for hydroxylation is 1. The predicted molar refractivity (Wildman–Crippen MR) is 95.5 cm³/mol. The van der Waals surface area contributed by atoms with Gasteiger partial charge >= 0.3 is 6.18 Å². The first-order valence-electron chi connectivity index (χ1n) is 8.39. The van der Waals surface area contributed by atoms with Crippen LogP contribution in [0.2, 0.25) is 0 Å². The van der Waals surface area contributed by atoms with Crippen LogP contribution in [-0.4, -0.2) is 27.6 Å². The third kappa shape index (κ3) is 4.05. The molecule has 146 valence electrons. The second kappa shape index (κ2) is 7.46. The molecule has 0 saturated heterocycles. The van der Waals surface area contributed by atoms with E-state index in [1.54, 1.807) is 12.1 Å². The van der Waals surface area contributed by atoms with Crippen LogP contribution in [0.4, 0.5) is 17.6 Å². The standard InChI is InChI=1S/C20H17F4N3O/c1-13-3-9-16(10-4-13)27-18(20(22,23)24)17(11-25-27)19(28)26(2)12-14-5-7-15(21)8-6-14/h3-11H,12H2,1-2H3. The summed E-state index contributed by atoms with van der Waals surface area (Å²) in [4.78, 5) is 13.8. The fourth-order valence-electron chi connectivity index (χ4n) is 2.80. The fraction of sp³-hybridized carbons (Fsp3) is 0.200. The number of benzene rings is 2. The van der Waals surface area contributed by atoms with E-state index in [1.807, 2.05) is 6.92 Å². The van der Waals surface area contributed by atoms with Crippen molar-refractivity contribution in [3.63, 3.8) is 0 Å². The lowest BCUT2D eigenvalue weighted by atomic mass is 10.1. The Balaban J connectivity index is 1.95. The van der Waals surface area contributed by atoms with Gasteiger partial charge in [-0.3, -0.25) is 4.79 Å². The molecule has 0 N–H and O–H groups in total. The minimum atomic E-state index is -4.77. The molecule has 0 aliphatic heterocycles. The maximum Gasteiger partial charge on any atom is 0.434 e. The van der Waals surface area contributed by atoms with Gasteiger partial charge in [0, 0.05) is 13.6 Å². The highest BCUT2D eigenvalue weighted by atomic mass is 19.4. The molecular formula is C20H17F4N3O. The molecular weight excluding hydrogens is 374 g/mol. The van der Waals surface area contributed by atoms with Crippen LogP contribution >= 0.6 is 0 Å². The number of alkyl halides is 3. The number of carbonyl (C=O) groups is 1. The van der Waals surface area contributed by atoms with Crippen LogP contribution in [0.3, 0.4) is 0 Å². The molecule has 1 amide bonds. The van der Waals surface area contributed by atoms with Gasteiger partial charge in [0.05, 0.1) is 17.4 Å². The van der Waals surface area contributed by atoms with Crippen molar-refractivity contribution in [2.24, 2.45) is 0 Å². The van der Waals surface area contributed by atoms with Gasteiger partial charge in [-0.1, -0.05) is 29.8 Å². The average Bonchev–Trinajstić information content (AvgIpc) is 3.09. The number of aromatic nitrogens is 2. The van der Waals surface area contributed by atoms with Crippen LogP contribution in [-0.2, 0) is 12.7 Å². The monoisotopic (exact) mass is 391 g/mol. The van der Waals surface area contributed by atoms with Gasteiger partial charge in [0.2, 0.25) is 0 Å². The van der Waals surface area contributed by atoms with Crippen LogP contribution in [0.25, 0.3) is 5.69 Å². The van der Waals surface area contributed by atoms with Crippen LogP contribution in [0.15, 0.2) is 54.7 Å². The van der Waals surface area contributed by atoms with Gasteiger partial charge in [0.25, 0.3) is 5.91 Å². The summed E-state index contributed by atoms with van der Waals surface area (Å²) >= 11 is 0. The second-order valence-electron chi connectivity index (χ2n) is 6.44. The number of hydrogen-bond acceptors (Lipinski definition) is 2. The lowest BCUT2D eigenvalue weighted by Crippen LogP contribution is -2.28. The van der Waals surface area contributed by atoms with Crippen molar-refractivity contribution in [1.29, 1.82) is 0 Å². The van der Waals surface area contributed by atoms with E-state index in [0.717, 1.165) is 21.3 Å². The molecule has 0 saturated carbocycles. The smallest absolute Gasteiger partial charge is 0.337 e. The minimum Gasteiger partial charge on any atom is -0.337 e. The van der Waals surface area contributed by atoms with Gasteiger partial charge in [0.15, 0.2) is 5.69 Å². The summed E-state index contributed by atoms with van der Waals surface area (Å²) in [5.74, 6) is -1.26. The van der Waals surface area contributed by atoms with Crippen molar-refractivity contribution in [2.45, 2.75) is 19.6 Å². The fourth-order valence-corrected chi connectivity index (χ4v) is 2.80. The van der Waals surface area contributed by atoms with Crippen molar-refractivity contribution in [3.05, 3.63) is 82.9 Å². The van der Waals surface area contributed by atoms with Crippen molar-refractivity contribution < 1.29 is 22.4 Å². The molecule has 2 aromatic carbocycles. The lowest BCUT2D eigenvalue weighted by Gasteiger charge is -2.19. The topological polar surface area (TPSA) is 38.1 Å². The van der Waals surface area contributed by atoms with Crippen molar-refractivity contribution in [3.8, 4) is 5.69 Å². The van der Waals surface area contributed by atoms with Gasteiger partial charge in [-0.05, 0) is 36.8 Å². The summed E-state index contributed by atoms with van der Waals surface area (Å²) in [5, 5.41) is 3.80. The van der Waals surface area contributed by atoms with Crippen molar-refractivity contribution in [2.75, 3.05) is 7.05 Å². The van der Waals surface area contributed by atoms with E-state index in [0.29, 0.717) is 5.56 Å². The van der Waals surface area contributed by atoms with E-state index in [9.17, 15) is 22.4 Å². The third-order valence-electron chi connectivity index (χ3n) is 4.23. The highest BCUT2D eigenvalue weighted by Gasteiger charge is 2.41. The normalized spacial score (nSPS) is 11.5. The Morgan fingerprint density at radius 2 is 1.68 bits per heavy atom. The first-order valence-corrected chi connectivity index (χ1v) is 8.39. The zero-order chi connectivity index (χ0) is 20.5. The first kappa shape index (κ1) is 19.6. The second-order valence-corrected chi connectivity index (χ2v) is 6.44. The number of hydrogen-bond donors (Lipinski definition) is 0. The largest absolute Gasteiger partial charge is 0.434 e. The molecule has 8 heteroatoms. The Bertz CT molecular complexity index is 976. The predicted octanol–water partition coefficient (Wildman–Crippen LogP) is 4.61. The first-order chi connectivity index (χ1) is 13.2. The summed E-state index contributed by atoms with van der Waals surface area (Å²) in [6, 6.07) is 11.7. The van der Waals surface area contributed by atoms with E-state index < -0.39 is 29.2 Å². The molecule has 28 heavy (non-hydrogen) atoms. The van der Waals surface area contributed by atoms with Crippen molar-refractivity contribution in [1.82, 2.24) is 14.7 Å². The van der Waals surface area contributed by atoms with Crippen LogP contribution < -0.4 is 0 Å². The number of carbonyl (C=O) groups excluding carboxylic acids is 1. The van der Waals surface area contributed by atoms with E-state index in [2.05, 4.69) is 5.10 Å². The Labute approximate surface area is 159 Å². The molecule has 0 atom stereocenters. The third-order valence-corrected chi connectivity index (χ3v) is 4.23. The molecule has 0 spiro atoms. The number of rotatable bonds is 4. The molecule has 0 radical (unpaired) electrons. The van der Waals surface area contributed by atoms with Crippen LogP contribution in [0.5, 0.6) is 0 Å². The molecule has 1 heterocycles. The Morgan fingerprint density at radius 3 is 2.25 bits per heavy atom. The van der Waals surface area contributed by atoms with Crippen LogP contribution in [0.1, 0.15) is 27.2 Å². The summed E-state index contributed by atoms with van der Waals surface area (Å²) in [6.07, 6.45) is -3.85. The van der Waals surface area contributed by atoms with Gasteiger partial charge < -0.3 is 4.90 Å². The highest BCUT2D eigenvalue weighted by Crippen LogP contribution is 2.34. The van der Waals surface area contributed by atoms with E-state index in [1.165, 1.54) is 43.4 Å². The van der Waals surface area contributed by atoms with Gasteiger partial charge in [0.1, 0.15) is 5.82 Å². The Morgan fingerprint density at radius 1 is 1.07 bits per heavy atom. The van der Waals surface area contributed by atoms with Crippen LogP contribution in [0, 0.1) is 12.7 Å². The van der Waals surface area contributed by atoms with Gasteiger partial charge in [-0.25, -0.2) is 9.07 Å². The SMILES string of the molecule is Cc1ccc(-n2ncc(C(=O)N(C)Cc3ccc(F)cc3)c2C(F)(F)F)cc1. The summed E-state index contributed by atoms with van der Waals surface area (Å²) in [6.45, 7) is 1.85. The summed E-state index contributed by atoms with van der Waals surface area (Å²) in [5.41, 5.74) is 0.0136. The lowest BCUT2D eigenvalue weighted by molar-refractivity contribution is -0.143. The summed E-state index contributed by atoms with van der Waals surface area (Å²) in [7, 11) is 1.38. The summed E-state index contributed by atoms with van der Waals surface area (Å²) < 4.78 is 54.9. The molecule has 0 aliphatic rings. The van der Waals surface area contributed by atoms with Crippen molar-refractivity contribution >= 4 is 5.91 Å². The molecule has 0 fully saturated rings. The molecule has 1 aromatic heterocycles. The van der Waals surface area contributed by atoms with E-state index in [-0.39, 0.29) is 12.2 Å². The highest BCUT2D eigenvalue weighted by molar-refractivity contribution is 5.95. The number of halogens is 4. The van der Waals surface area contributed by atoms with Gasteiger partial charge in [-0.2, -0.15) is 18.3 Å². The maximum absolute atomic E-state index is 13.7. The molecule has 0 aliphatic carbocycles. The van der Waals surface area contributed by atoms with E-state index in [4.69, 9.17) is 0 Å². The van der Waals surface area contributed by atoms with E-state index >= 15 is 0 Å². The van der Waals surface area contributed by atoms with Gasteiger partial charge in [-0.15, -0.1) is 0 Å². The molecule has 0 bridgehead atoms. The molecule has 3 rings (SSSR count). The zero-order valence-electron chi connectivity index (χ0n) is 15.2. The molecule has 3 aromatic rings. The quantitative estimate of drug-likeness (QED) is 0.609. The number of amides is 1. The molecule has 4 nitrogen and oxygen atoms in total. The number of nitrogens with zero attached hydrogens (tertiary/aromatic N) is 3. The minimum absolute atomic E-state index is 0.0339. The molecule has 0 unspecified atom stereocenters. The zero-order valence-corrected chi connectivity index (χ0v) is 15.2. The maximum atomic E-state index is 13.7. The Kier molecular flexibility index (Phi) is 5.22.